The fraction of sp³-hybridized carbons (Fsp3) is 0.417. The van der Waals surface area contributed by atoms with Crippen LogP contribution in [0.25, 0.3) is 0 Å². The number of benzene rings is 1. The molecule has 0 fully saturated rings. The highest BCUT2D eigenvalue weighted by Crippen LogP contribution is 2.09. The van der Waals surface area contributed by atoms with Gasteiger partial charge in [-0.2, -0.15) is 0 Å². The Kier molecular flexibility index (Phi) is 4.16. The molecule has 0 atom stereocenters. The third-order valence-corrected chi connectivity index (χ3v) is 1.81. The molecule has 0 bridgehead atoms. The van der Waals surface area contributed by atoms with Crippen molar-refractivity contribution in [3.8, 4) is 0 Å². The molecule has 0 aliphatic heterocycles. The maximum atomic E-state index is 11.3. The summed E-state index contributed by atoms with van der Waals surface area (Å²) in [6.07, 6.45) is -0.394. The van der Waals surface area contributed by atoms with E-state index in [0.29, 0.717) is 12.5 Å². The molecule has 82 valence electrons. The van der Waals surface area contributed by atoms with E-state index in [1.165, 1.54) is 0 Å². The van der Waals surface area contributed by atoms with Crippen molar-refractivity contribution in [2.75, 3.05) is 11.9 Å². The molecule has 1 amide bonds. The molecule has 0 unspecified atom stereocenters. The molecule has 0 saturated carbocycles. The van der Waals surface area contributed by atoms with Gasteiger partial charge in [0, 0.05) is 5.69 Å². The van der Waals surface area contributed by atoms with Crippen molar-refractivity contribution in [1.82, 2.24) is 0 Å². The number of ether oxygens (including phenoxy) is 1. The maximum Gasteiger partial charge on any atom is 0.411 e. The van der Waals surface area contributed by atoms with Gasteiger partial charge < -0.3 is 4.74 Å². The van der Waals surface area contributed by atoms with Crippen molar-refractivity contribution in [3.05, 3.63) is 29.8 Å². The summed E-state index contributed by atoms with van der Waals surface area (Å²) >= 11 is 0. The fourth-order valence-corrected chi connectivity index (χ4v) is 1.12. The molecule has 0 saturated heterocycles. The Labute approximate surface area is 90.4 Å². The molecule has 15 heavy (non-hydrogen) atoms. The second-order valence-corrected chi connectivity index (χ2v) is 3.99. The Morgan fingerprint density at radius 2 is 2.20 bits per heavy atom. The summed E-state index contributed by atoms with van der Waals surface area (Å²) in [4.78, 5) is 11.3. The predicted octanol–water partition coefficient (Wildman–Crippen LogP) is 3.20. The van der Waals surface area contributed by atoms with Gasteiger partial charge in [-0.15, -0.1) is 0 Å². The second kappa shape index (κ2) is 5.39. The number of carbonyl (C=O) groups excluding carboxylic acids is 1. The highest BCUT2D eigenvalue weighted by molar-refractivity contribution is 5.84. The number of nitrogens with one attached hydrogen (secondary N) is 1. The molecular weight excluding hydrogens is 190 g/mol. The fourth-order valence-electron chi connectivity index (χ4n) is 1.12. The zero-order valence-corrected chi connectivity index (χ0v) is 9.41. The molecule has 1 N–H and O–H groups in total. The second-order valence-electron chi connectivity index (χ2n) is 3.99. The molecule has 0 spiro atoms. The van der Waals surface area contributed by atoms with Crippen LogP contribution in [0.15, 0.2) is 24.3 Å². The Morgan fingerprint density at radius 3 is 2.80 bits per heavy atom. The minimum absolute atomic E-state index is 0.355. The van der Waals surface area contributed by atoms with Gasteiger partial charge in [0.2, 0.25) is 0 Å². The van der Waals surface area contributed by atoms with Crippen molar-refractivity contribution in [3.63, 3.8) is 0 Å². The lowest BCUT2D eigenvalue weighted by atomic mass is 10.2. The van der Waals surface area contributed by atoms with Crippen molar-refractivity contribution in [2.45, 2.75) is 20.8 Å². The zero-order chi connectivity index (χ0) is 11.3. The van der Waals surface area contributed by atoms with Gasteiger partial charge in [-0.1, -0.05) is 26.0 Å². The number of amides is 1. The van der Waals surface area contributed by atoms with Gasteiger partial charge in [0.05, 0.1) is 6.61 Å². The van der Waals surface area contributed by atoms with E-state index < -0.39 is 6.09 Å². The standard InChI is InChI=1S/C12H17NO2/c1-9(2)8-15-12(14)13-11-6-4-5-10(3)7-11/h4-7,9H,8H2,1-3H3,(H,13,14). The van der Waals surface area contributed by atoms with Gasteiger partial charge in [0.15, 0.2) is 0 Å². The topological polar surface area (TPSA) is 38.3 Å². The Morgan fingerprint density at radius 1 is 1.47 bits per heavy atom. The summed E-state index contributed by atoms with van der Waals surface area (Å²) < 4.78 is 5.00. The minimum atomic E-state index is -0.394. The van der Waals surface area contributed by atoms with Crippen LogP contribution in [0.1, 0.15) is 19.4 Å². The number of hydrogen-bond donors (Lipinski definition) is 1. The summed E-state index contributed by atoms with van der Waals surface area (Å²) in [5.74, 6) is 0.355. The van der Waals surface area contributed by atoms with E-state index in [9.17, 15) is 4.79 Å². The summed E-state index contributed by atoms with van der Waals surface area (Å²) in [7, 11) is 0. The van der Waals surface area contributed by atoms with Gasteiger partial charge in [0.25, 0.3) is 0 Å². The van der Waals surface area contributed by atoms with Crippen LogP contribution in [-0.4, -0.2) is 12.7 Å². The van der Waals surface area contributed by atoms with Crippen LogP contribution in [-0.2, 0) is 4.74 Å². The number of anilines is 1. The predicted molar refractivity (Wildman–Crippen MR) is 61.0 cm³/mol. The highest BCUT2D eigenvalue weighted by atomic mass is 16.5. The average molecular weight is 207 g/mol. The summed E-state index contributed by atoms with van der Waals surface area (Å²) in [5, 5.41) is 2.68. The van der Waals surface area contributed by atoms with Crippen LogP contribution in [0.5, 0.6) is 0 Å². The first-order valence-electron chi connectivity index (χ1n) is 5.08. The van der Waals surface area contributed by atoms with Crippen molar-refractivity contribution >= 4 is 11.8 Å². The van der Waals surface area contributed by atoms with Gasteiger partial charge in [-0.3, -0.25) is 5.32 Å². The molecule has 0 radical (unpaired) electrons. The van der Waals surface area contributed by atoms with E-state index in [1.54, 1.807) is 0 Å². The molecule has 0 heterocycles. The molecule has 1 aromatic rings. The van der Waals surface area contributed by atoms with E-state index >= 15 is 0 Å². The van der Waals surface area contributed by atoms with E-state index in [-0.39, 0.29) is 0 Å². The molecule has 1 rings (SSSR count). The third-order valence-electron chi connectivity index (χ3n) is 1.81. The normalized spacial score (nSPS) is 10.1. The summed E-state index contributed by atoms with van der Waals surface area (Å²) in [6.45, 7) is 6.42. The molecule has 3 heteroatoms. The number of rotatable bonds is 3. The lowest BCUT2D eigenvalue weighted by Crippen LogP contribution is -2.16. The van der Waals surface area contributed by atoms with Crippen LogP contribution < -0.4 is 5.32 Å². The van der Waals surface area contributed by atoms with Crippen molar-refractivity contribution < 1.29 is 9.53 Å². The zero-order valence-electron chi connectivity index (χ0n) is 9.41. The lowest BCUT2D eigenvalue weighted by Gasteiger charge is -2.08. The molecule has 0 aromatic heterocycles. The first kappa shape index (κ1) is 11.6. The van der Waals surface area contributed by atoms with E-state index in [0.717, 1.165) is 11.3 Å². The van der Waals surface area contributed by atoms with Gasteiger partial charge in [0.1, 0.15) is 0 Å². The Balaban J connectivity index is 2.44. The largest absolute Gasteiger partial charge is 0.449 e. The van der Waals surface area contributed by atoms with Crippen LogP contribution >= 0.6 is 0 Å². The molecule has 1 aromatic carbocycles. The van der Waals surface area contributed by atoms with E-state index in [2.05, 4.69) is 5.32 Å². The van der Waals surface area contributed by atoms with Gasteiger partial charge in [-0.25, -0.2) is 4.79 Å². The van der Waals surface area contributed by atoms with Crippen LogP contribution in [0.3, 0.4) is 0 Å². The molecule has 0 aliphatic rings. The van der Waals surface area contributed by atoms with Crippen molar-refractivity contribution in [2.24, 2.45) is 5.92 Å². The molecular formula is C12H17NO2. The number of aryl methyl sites for hydroxylation is 1. The maximum absolute atomic E-state index is 11.3. The third kappa shape index (κ3) is 4.49. The SMILES string of the molecule is Cc1cccc(NC(=O)OCC(C)C)c1. The minimum Gasteiger partial charge on any atom is -0.449 e. The smallest absolute Gasteiger partial charge is 0.411 e. The Bertz CT molecular complexity index is 334. The van der Waals surface area contributed by atoms with Crippen LogP contribution in [0.2, 0.25) is 0 Å². The molecule has 0 aliphatic carbocycles. The highest BCUT2D eigenvalue weighted by Gasteiger charge is 2.03. The average Bonchev–Trinajstić information content (AvgIpc) is 2.15. The van der Waals surface area contributed by atoms with Gasteiger partial charge in [-0.05, 0) is 30.5 Å². The van der Waals surface area contributed by atoms with E-state index in [4.69, 9.17) is 4.74 Å². The number of carbonyl (C=O) groups is 1. The summed E-state index contributed by atoms with van der Waals surface area (Å²) in [6, 6.07) is 7.61. The quantitative estimate of drug-likeness (QED) is 0.826. The monoisotopic (exact) mass is 207 g/mol. The number of hydrogen-bond acceptors (Lipinski definition) is 2. The first-order chi connectivity index (χ1) is 7.08. The van der Waals surface area contributed by atoms with Crippen LogP contribution in [0, 0.1) is 12.8 Å². The van der Waals surface area contributed by atoms with E-state index in [1.807, 2.05) is 45.0 Å². The van der Waals surface area contributed by atoms with Crippen LogP contribution in [0.4, 0.5) is 10.5 Å². The first-order valence-corrected chi connectivity index (χ1v) is 5.08. The lowest BCUT2D eigenvalue weighted by molar-refractivity contribution is 0.147. The van der Waals surface area contributed by atoms with Crippen molar-refractivity contribution in [1.29, 1.82) is 0 Å². The van der Waals surface area contributed by atoms with Gasteiger partial charge >= 0.3 is 6.09 Å². The summed E-state index contributed by atoms with van der Waals surface area (Å²) in [5.41, 5.74) is 1.88. The Hall–Kier alpha value is -1.51. The molecule has 3 nitrogen and oxygen atoms in total.